The van der Waals surface area contributed by atoms with Gasteiger partial charge >= 0.3 is 0 Å². The van der Waals surface area contributed by atoms with E-state index in [1.54, 1.807) is 0 Å². The number of fused-ring (bicyclic) bond motifs is 21. The first kappa shape index (κ1) is 43.6. The molecular weight excluding hydrogens is 995 g/mol. The Morgan fingerprint density at radius 3 is 1.04 bits per heavy atom. The van der Waals surface area contributed by atoms with E-state index in [2.05, 4.69) is 260 Å². The van der Waals surface area contributed by atoms with Crippen LogP contribution in [0.15, 0.2) is 259 Å². The van der Waals surface area contributed by atoms with E-state index in [9.17, 15) is 0 Å². The molecule has 0 amide bonds. The van der Waals surface area contributed by atoms with Crippen LogP contribution in [0.2, 0.25) is 0 Å². The first-order chi connectivity index (χ1) is 39.7. The summed E-state index contributed by atoms with van der Waals surface area (Å²) in [7, 11) is 0. The third kappa shape index (κ3) is 5.58. The molecule has 0 bridgehead atoms. The molecule has 0 atom stereocenters. The van der Waals surface area contributed by atoms with E-state index in [0.29, 0.717) is 5.69 Å². The van der Waals surface area contributed by atoms with Gasteiger partial charge in [0.25, 0.3) is 0 Å². The van der Waals surface area contributed by atoms with Gasteiger partial charge in [0.15, 0.2) is 5.69 Å². The van der Waals surface area contributed by atoms with Crippen LogP contribution in [-0.4, -0.2) is 28.2 Å². The predicted octanol–water partition coefficient (Wildman–Crippen LogP) is 18.2. The SMILES string of the molecule is [C-]#[N+]c1ccc2c(c1)c1ccccc1n2-c1cccc2c1Sc1c(-n3c4ccccc4c4ccccc43)cccc1C21c2cc(-n3c4ccccc4c4ccccc43)cnc2-c2ncc(-n3c4ccccc4c4ccccc43)cc21. The van der Waals surface area contributed by atoms with Crippen molar-refractivity contribution in [3.8, 4) is 34.1 Å². The van der Waals surface area contributed by atoms with Crippen LogP contribution in [0.1, 0.15) is 22.3 Å². The van der Waals surface area contributed by atoms with Gasteiger partial charge in [-0.15, -0.1) is 0 Å². The van der Waals surface area contributed by atoms with E-state index in [1.165, 1.54) is 32.3 Å². The molecule has 0 unspecified atom stereocenters. The summed E-state index contributed by atoms with van der Waals surface area (Å²) in [6.45, 7) is 8.06. The van der Waals surface area contributed by atoms with Crippen LogP contribution in [0.4, 0.5) is 5.69 Å². The van der Waals surface area contributed by atoms with Crippen molar-refractivity contribution >= 4 is 105 Å². The summed E-state index contributed by atoms with van der Waals surface area (Å²) in [6.07, 6.45) is 4.12. The highest BCUT2D eigenvalue weighted by molar-refractivity contribution is 7.99. The third-order valence-corrected chi connectivity index (χ3v) is 18.6. The molecule has 16 aromatic rings. The second-order valence-electron chi connectivity index (χ2n) is 21.1. The molecule has 8 heteroatoms. The van der Waals surface area contributed by atoms with Gasteiger partial charge in [0, 0.05) is 58.6 Å². The molecule has 1 spiro atoms. The molecule has 0 saturated heterocycles. The fourth-order valence-corrected chi connectivity index (χ4v) is 15.5. The number of rotatable bonds is 4. The normalized spacial score (nSPS) is 13.3. The molecule has 0 saturated carbocycles. The van der Waals surface area contributed by atoms with Gasteiger partial charge in [-0.2, -0.15) is 0 Å². The lowest BCUT2D eigenvalue weighted by Crippen LogP contribution is -2.33. The van der Waals surface area contributed by atoms with Crippen molar-refractivity contribution in [2.75, 3.05) is 0 Å². The summed E-state index contributed by atoms with van der Waals surface area (Å²) in [5, 5.41) is 9.33. The monoisotopic (exact) mass is 1040 g/mol. The zero-order valence-corrected chi connectivity index (χ0v) is 43.5. The lowest BCUT2D eigenvalue weighted by atomic mass is 9.67. The number of benzene rings is 10. The van der Waals surface area contributed by atoms with Crippen LogP contribution in [0.3, 0.4) is 0 Å². The van der Waals surface area contributed by atoms with Crippen molar-refractivity contribution in [3.63, 3.8) is 0 Å². The van der Waals surface area contributed by atoms with Gasteiger partial charge < -0.3 is 18.3 Å². The number of hydrogen-bond donors (Lipinski definition) is 0. The number of hydrogen-bond acceptors (Lipinski definition) is 3. The van der Waals surface area contributed by atoms with Crippen molar-refractivity contribution in [2.45, 2.75) is 15.2 Å². The minimum Gasteiger partial charge on any atom is -0.308 e. The molecule has 7 heterocycles. The van der Waals surface area contributed by atoms with Gasteiger partial charge in [-0.3, -0.25) is 9.97 Å². The van der Waals surface area contributed by atoms with Crippen LogP contribution < -0.4 is 0 Å². The summed E-state index contributed by atoms with van der Waals surface area (Å²) in [6, 6.07) is 86.0. The average Bonchev–Trinajstić information content (AvgIpc) is 4.48. The summed E-state index contributed by atoms with van der Waals surface area (Å²) >= 11 is 1.85. The molecule has 0 radical (unpaired) electrons. The zero-order chi connectivity index (χ0) is 52.4. The standard InChI is InChI=1S/C72H41N7S/c1-73-43-36-37-65-53(38-43)52-24-8-15-33-64(52)79(65)67-35-17-26-55-71(67)80-70-54(25-16-34-66(70)78-62-31-13-6-22-50(62)51-23-7-14-32-63(51)78)72(55)56-39-44(76-58-27-9-2-18-46(58)47-19-3-10-28-59(47)76)41-74-68(56)69-57(72)40-45(42-75-69)77-60-29-11-4-20-48(60)49-21-5-12-30-61(49)77/h2-42H. The Labute approximate surface area is 462 Å². The van der Waals surface area contributed by atoms with E-state index in [0.717, 1.165) is 121 Å². The first-order valence-corrected chi connectivity index (χ1v) is 27.8. The Balaban J connectivity index is 1.02. The van der Waals surface area contributed by atoms with Crippen molar-refractivity contribution in [3.05, 3.63) is 283 Å². The molecule has 0 fully saturated rings. The van der Waals surface area contributed by atoms with Crippen LogP contribution >= 0.6 is 11.8 Å². The second-order valence-corrected chi connectivity index (χ2v) is 22.1. The third-order valence-electron chi connectivity index (χ3n) is 17.3. The highest BCUT2D eigenvalue weighted by Gasteiger charge is 2.53. The van der Waals surface area contributed by atoms with Crippen LogP contribution in [-0.2, 0) is 5.41 Å². The number of para-hydroxylation sites is 7. The number of pyridine rings is 2. The van der Waals surface area contributed by atoms with Crippen LogP contribution in [0.25, 0.3) is 126 Å². The maximum atomic E-state index is 8.06. The lowest BCUT2D eigenvalue weighted by Gasteiger charge is -2.41. The number of nitrogens with zero attached hydrogens (tertiary/aromatic N) is 7. The molecule has 2 aliphatic rings. The molecule has 10 aromatic carbocycles. The van der Waals surface area contributed by atoms with Crippen molar-refractivity contribution in [1.29, 1.82) is 0 Å². The van der Waals surface area contributed by atoms with E-state index < -0.39 is 5.41 Å². The van der Waals surface area contributed by atoms with Gasteiger partial charge in [0.1, 0.15) is 0 Å². The Kier molecular flexibility index (Phi) is 8.76. The molecule has 7 nitrogen and oxygen atoms in total. The van der Waals surface area contributed by atoms with E-state index in [4.69, 9.17) is 16.5 Å². The fourth-order valence-electron chi connectivity index (χ4n) is 14.2. The second kappa shape index (κ2) is 16.1. The molecule has 370 valence electrons. The predicted molar refractivity (Wildman–Crippen MR) is 327 cm³/mol. The van der Waals surface area contributed by atoms with Gasteiger partial charge in [-0.1, -0.05) is 169 Å². The number of aromatic nitrogens is 6. The Bertz CT molecular complexity index is 5130. The Morgan fingerprint density at radius 1 is 0.325 bits per heavy atom. The van der Waals surface area contributed by atoms with Gasteiger partial charge in [-0.05, 0) is 95.4 Å². The Morgan fingerprint density at radius 2 is 0.662 bits per heavy atom. The van der Waals surface area contributed by atoms with E-state index >= 15 is 0 Å². The van der Waals surface area contributed by atoms with Gasteiger partial charge in [0.05, 0.1) is 103 Å². The highest BCUT2D eigenvalue weighted by atomic mass is 32.2. The van der Waals surface area contributed by atoms with Crippen molar-refractivity contribution < 1.29 is 0 Å². The summed E-state index contributed by atoms with van der Waals surface area (Å²) in [5.41, 5.74) is 18.8. The molecule has 1 aliphatic carbocycles. The minimum absolute atomic E-state index is 0.617. The van der Waals surface area contributed by atoms with Gasteiger partial charge in [0.2, 0.25) is 0 Å². The average molecular weight is 1040 g/mol. The molecular formula is C72H41N7S. The highest BCUT2D eigenvalue weighted by Crippen LogP contribution is 2.64. The van der Waals surface area contributed by atoms with Crippen LogP contribution in [0, 0.1) is 6.57 Å². The quantitative estimate of drug-likeness (QED) is 0.165. The Hall–Kier alpha value is -10.5. The first-order valence-electron chi connectivity index (χ1n) is 27.0. The molecule has 80 heavy (non-hydrogen) atoms. The summed E-state index contributed by atoms with van der Waals surface area (Å²) < 4.78 is 9.71. The molecule has 0 N–H and O–H groups in total. The molecule has 18 rings (SSSR count). The summed E-state index contributed by atoms with van der Waals surface area (Å²) in [4.78, 5) is 17.5. The topological polar surface area (TPSA) is 49.9 Å². The van der Waals surface area contributed by atoms with Crippen molar-refractivity contribution in [1.82, 2.24) is 28.2 Å². The van der Waals surface area contributed by atoms with E-state index in [-0.39, 0.29) is 0 Å². The lowest BCUT2D eigenvalue weighted by molar-refractivity contribution is 0.713. The fraction of sp³-hybridized carbons (Fsp3) is 0.0139. The molecule has 6 aromatic heterocycles. The van der Waals surface area contributed by atoms with Crippen LogP contribution in [0.5, 0.6) is 0 Å². The zero-order valence-electron chi connectivity index (χ0n) is 42.7. The maximum Gasteiger partial charge on any atom is 0.188 e. The smallest absolute Gasteiger partial charge is 0.188 e. The largest absolute Gasteiger partial charge is 0.308 e. The summed E-state index contributed by atoms with van der Waals surface area (Å²) in [5.74, 6) is 0. The van der Waals surface area contributed by atoms with Gasteiger partial charge in [-0.25, -0.2) is 4.85 Å². The molecule has 1 aliphatic heterocycles. The van der Waals surface area contributed by atoms with Crippen molar-refractivity contribution in [2.24, 2.45) is 0 Å². The van der Waals surface area contributed by atoms with E-state index in [1.807, 2.05) is 23.9 Å². The maximum absolute atomic E-state index is 8.06. The minimum atomic E-state index is -0.967.